The van der Waals surface area contributed by atoms with Crippen LogP contribution in [0.2, 0.25) is 0 Å². The van der Waals surface area contributed by atoms with E-state index in [2.05, 4.69) is 9.73 Å². The first-order valence-corrected chi connectivity index (χ1v) is 4.50. The number of hydrogen-bond acceptors (Lipinski definition) is 4. The predicted octanol–water partition coefficient (Wildman–Crippen LogP) is 1.76. The third kappa shape index (κ3) is 1.66. The van der Waals surface area contributed by atoms with Gasteiger partial charge in [0.05, 0.1) is 18.4 Å². The molecule has 76 valence electrons. The fraction of sp³-hybridized carbons (Fsp3) is 0.182. The molecule has 0 spiro atoms. The molecule has 2 rings (SSSR count). The topological polar surface area (TPSA) is 55.7 Å². The molecule has 1 aliphatic heterocycles. The van der Waals surface area contributed by atoms with Crippen LogP contribution in [0, 0.1) is 0 Å². The summed E-state index contributed by atoms with van der Waals surface area (Å²) in [4.78, 5) is 26.8. The minimum Gasteiger partial charge on any atom is -0.465 e. The number of methoxy groups -OCH3 is 1. The average molecular weight is 203 g/mol. The minimum absolute atomic E-state index is 0.0225. The summed E-state index contributed by atoms with van der Waals surface area (Å²) >= 11 is 0. The van der Waals surface area contributed by atoms with Crippen LogP contribution in [-0.4, -0.2) is 25.1 Å². The van der Waals surface area contributed by atoms with E-state index >= 15 is 0 Å². The number of hydrogen-bond donors (Lipinski definition) is 0. The lowest BCUT2D eigenvalue weighted by Gasteiger charge is -2.09. The molecule has 0 N–H and O–H groups in total. The number of carbonyl (C=O) groups is 2. The van der Waals surface area contributed by atoms with Gasteiger partial charge in [-0.25, -0.2) is 4.79 Å². The quantitative estimate of drug-likeness (QED) is 0.653. The Bertz CT molecular complexity index is 463. The lowest BCUT2D eigenvalue weighted by Crippen LogP contribution is -2.08. The molecular formula is C11H9NO3. The zero-order valence-corrected chi connectivity index (χ0v) is 8.19. The summed E-state index contributed by atoms with van der Waals surface area (Å²) in [6.07, 6.45) is 1.86. The van der Waals surface area contributed by atoms with Crippen LogP contribution in [0.1, 0.15) is 27.1 Å². The lowest BCUT2D eigenvalue weighted by molar-refractivity contribution is 0.0601. The van der Waals surface area contributed by atoms with Crippen LogP contribution < -0.4 is 0 Å². The fourth-order valence-electron chi connectivity index (χ4n) is 1.45. The number of benzene rings is 1. The van der Waals surface area contributed by atoms with Crippen LogP contribution >= 0.6 is 0 Å². The SMILES string of the molecule is COC(=O)c1ccc2c(c1)C(=O)CC=N2. The van der Waals surface area contributed by atoms with Gasteiger partial charge in [0.25, 0.3) is 0 Å². The van der Waals surface area contributed by atoms with E-state index in [1.165, 1.54) is 13.2 Å². The fourth-order valence-corrected chi connectivity index (χ4v) is 1.45. The van der Waals surface area contributed by atoms with Crippen molar-refractivity contribution >= 4 is 23.7 Å². The van der Waals surface area contributed by atoms with Crippen molar-refractivity contribution < 1.29 is 14.3 Å². The number of ether oxygens (including phenoxy) is 1. The van der Waals surface area contributed by atoms with E-state index in [1.54, 1.807) is 18.3 Å². The number of nitrogens with zero attached hydrogens (tertiary/aromatic N) is 1. The smallest absolute Gasteiger partial charge is 0.337 e. The number of carbonyl (C=O) groups excluding carboxylic acids is 2. The van der Waals surface area contributed by atoms with E-state index in [0.717, 1.165) is 0 Å². The molecule has 0 fully saturated rings. The van der Waals surface area contributed by atoms with Crippen molar-refractivity contribution in [2.24, 2.45) is 4.99 Å². The van der Waals surface area contributed by atoms with Gasteiger partial charge >= 0.3 is 5.97 Å². The number of esters is 1. The molecule has 0 aliphatic carbocycles. The number of Topliss-reactive ketones (excluding diaryl/α,β-unsaturated/α-hetero) is 1. The molecule has 15 heavy (non-hydrogen) atoms. The predicted molar refractivity (Wildman–Crippen MR) is 54.9 cm³/mol. The van der Waals surface area contributed by atoms with Crippen molar-refractivity contribution in [1.82, 2.24) is 0 Å². The second kappa shape index (κ2) is 3.65. The molecule has 0 bridgehead atoms. The van der Waals surface area contributed by atoms with Gasteiger partial charge in [0.15, 0.2) is 5.78 Å². The summed E-state index contributed by atoms with van der Waals surface area (Å²) in [5.41, 5.74) is 1.47. The number of fused-ring (bicyclic) bond motifs is 1. The maximum Gasteiger partial charge on any atom is 0.337 e. The first kappa shape index (κ1) is 9.58. The monoisotopic (exact) mass is 203 g/mol. The molecule has 0 unspecified atom stereocenters. The molecule has 0 saturated carbocycles. The van der Waals surface area contributed by atoms with Crippen molar-refractivity contribution in [3.8, 4) is 0 Å². The van der Waals surface area contributed by atoms with Gasteiger partial charge in [0, 0.05) is 18.2 Å². The Morgan fingerprint density at radius 2 is 2.27 bits per heavy atom. The Morgan fingerprint density at radius 1 is 1.47 bits per heavy atom. The summed E-state index contributed by atoms with van der Waals surface area (Å²) in [5, 5.41) is 0. The molecule has 0 radical (unpaired) electrons. The van der Waals surface area contributed by atoms with E-state index in [4.69, 9.17) is 0 Å². The Labute approximate surface area is 86.6 Å². The van der Waals surface area contributed by atoms with Gasteiger partial charge in [-0.05, 0) is 18.2 Å². The molecule has 0 saturated heterocycles. The van der Waals surface area contributed by atoms with Gasteiger partial charge < -0.3 is 4.74 Å². The third-order valence-corrected chi connectivity index (χ3v) is 2.23. The second-order valence-corrected chi connectivity index (χ2v) is 3.16. The van der Waals surface area contributed by atoms with E-state index in [0.29, 0.717) is 16.8 Å². The highest BCUT2D eigenvalue weighted by Crippen LogP contribution is 2.25. The largest absolute Gasteiger partial charge is 0.465 e. The average Bonchev–Trinajstić information content (AvgIpc) is 2.28. The molecule has 1 aliphatic rings. The van der Waals surface area contributed by atoms with Gasteiger partial charge in [0.1, 0.15) is 0 Å². The second-order valence-electron chi connectivity index (χ2n) is 3.16. The van der Waals surface area contributed by atoms with Crippen molar-refractivity contribution in [3.05, 3.63) is 29.3 Å². The molecule has 0 aromatic heterocycles. The van der Waals surface area contributed by atoms with Crippen LogP contribution in [0.5, 0.6) is 0 Å². The van der Waals surface area contributed by atoms with Crippen LogP contribution in [0.4, 0.5) is 5.69 Å². The molecule has 0 amide bonds. The highest BCUT2D eigenvalue weighted by atomic mass is 16.5. The van der Waals surface area contributed by atoms with Crippen LogP contribution in [0.15, 0.2) is 23.2 Å². The summed E-state index contributed by atoms with van der Waals surface area (Å²) in [6, 6.07) is 4.77. The molecule has 1 heterocycles. The molecule has 1 aromatic rings. The zero-order valence-electron chi connectivity index (χ0n) is 8.19. The Morgan fingerprint density at radius 3 is 3.00 bits per heavy atom. The Hall–Kier alpha value is -1.97. The van der Waals surface area contributed by atoms with E-state index in [9.17, 15) is 9.59 Å². The Kier molecular flexibility index (Phi) is 2.33. The molecule has 4 nitrogen and oxygen atoms in total. The maximum atomic E-state index is 11.5. The lowest BCUT2D eigenvalue weighted by atomic mass is 10.0. The van der Waals surface area contributed by atoms with Gasteiger partial charge in [-0.3, -0.25) is 9.79 Å². The van der Waals surface area contributed by atoms with Crippen molar-refractivity contribution in [2.45, 2.75) is 6.42 Å². The normalized spacial score (nSPS) is 13.5. The standard InChI is InChI=1S/C11H9NO3/c1-15-11(14)7-2-3-9-8(6-7)10(13)4-5-12-9/h2-3,5-6H,4H2,1H3. The van der Waals surface area contributed by atoms with E-state index in [1.807, 2.05) is 0 Å². The molecule has 0 atom stereocenters. The molecular weight excluding hydrogens is 194 g/mol. The summed E-state index contributed by atoms with van der Waals surface area (Å²) in [5.74, 6) is -0.467. The van der Waals surface area contributed by atoms with Crippen LogP contribution in [0.3, 0.4) is 0 Å². The number of aliphatic imine (C=N–C) groups is 1. The van der Waals surface area contributed by atoms with Gasteiger partial charge in [-0.15, -0.1) is 0 Å². The Balaban J connectivity index is 2.49. The first-order valence-electron chi connectivity index (χ1n) is 4.50. The molecule has 1 aromatic carbocycles. The zero-order chi connectivity index (χ0) is 10.8. The van der Waals surface area contributed by atoms with Gasteiger partial charge in [-0.2, -0.15) is 0 Å². The van der Waals surface area contributed by atoms with Crippen molar-refractivity contribution in [2.75, 3.05) is 7.11 Å². The van der Waals surface area contributed by atoms with Gasteiger partial charge in [-0.1, -0.05) is 0 Å². The number of rotatable bonds is 1. The maximum absolute atomic E-state index is 11.5. The third-order valence-electron chi connectivity index (χ3n) is 2.23. The highest BCUT2D eigenvalue weighted by molar-refractivity contribution is 6.11. The van der Waals surface area contributed by atoms with Gasteiger partial charge in [0.2, 0.25) is 0 Å². The summed E-state index contributed by atoms with van der Waals surface area (Å²) in [6.45, 7) is 0. The number of ketones is 1. The van der Waals surface area contributed by atoms with Crippen molar-refractivity contribution in [1.29, 1.82) is 0 Å². The highest BCUT2D eigenvalue weighted by Gasteiger charge is 2.16. The summed E-state index contributed by atoms with van der Waals surface area (Å²) < 4.78 is 4.57. The summed E-state index contributed by atoms with van der Waals surface area (Å²) in [7, 11) is 1.31. The first-order chi connectivity index (χ1) is 7.22. The van der Waals surface area contributed by atoms with E-state index in [-0.39, 0.29) is 12.2 Å². The van der Waals surface area contributed by atoms with E-state index < -0.39 is 5.97 Å². The van der Waals surface area contributed by atoms with Crippen LogP contribution in [-0.2, 0) is 4.74 Å². The minimum atomic E-state index is -0.444. The van der Waals surface area contributed by atoms with Crippen molar-refractivity contribution in [3.63, 3.8) is 0 Å². The van der Waals surface area contributed by atoms with Crippen LogP contribution in [0.25, 0.3) is 0 Å². The molecule has 4 heteroatoms.